The van der Waals surface area contributed by atoms with E-state index in [9.17, 15) is 4.79 Å². The van der Waals surface area contributed by atoms with Crippen LogP contribution < -0.4 is 11.1 Å². The molecule has 0 aromatic carbocycles. The van der Waals surface area contributed by atoms with Gasteiger partial charge >= 0.3 is 0 Å². The molecule has 3 N–H and O–H groups in total. The number of aromatic nitrogens is 1. The van der Waals surface area contributed by atoms with E-state index in [1.807, 2.05) is 13.0 Å². The van der Waals surface area contributed by atoms with E-state index in [0.717, 1.165) is 5.69 Å². The van der Waals surface area contributed by atoms with Crippen molar-refractivity contribution in [3.8, 4) is 0 Å². The number of likely N-dealkylation sites (N-methyl/N-ethyl adjacent to an activating group) is 1. The van der Waals surface area contributed by atoms with E-state index in [-0.39, 0.29) is 17.4 Å². The first-order valence-electron chi connectivity index (χ1n) is 5.13. The molecular formula is C11H16N4OS. The Balaban J connectivity index is 2.86. The van der Waals surface area contributed by atoms with E-state index < -0.39 is 0 Å². The summed E-state index contributed by atoms with van der Waals surface area (Å²) >= 11 is 4.93. The second-order valence-electron chi connectivity index (χ2n) is 3.85. The third-order valence-corrected chi connectivity index (χ3v) is 2.43. The molecule has 0 saturated heterocycles. The van der Waals surface area contributed by atoms with Crippen molar-refractivity contribution in [1.82, 2.24) is 9.88 Å². The van der Waals surface area contributed by atoms with Crippen LogP contribution in [0.4, 0.5) is 5.82 Å². The van der Waals surface area contributed by atoms with Gasteiger partial charge in [0.25, 0.3) is 0 Å². The molecular weight excluding hydrogens is 236 g/mol. The molecule has 0 bridgehead atoms. The maximum Gasteiger partial charge on any atom is 0.241 e. The van der Waals surface area contributed by atoms with Crippen molar-refractivity contribution in [2.75, 3.05) is 26.0 Å². The fourth-order valence-electron chi connectivity index (χ4n) is 1.21. The van der Waals surface area contributed by atoms with Crippen LogP contribution in [0.5, 0.6) is 0 Å². The lowest BCUT2D eigenvalue weighted by Crippen LogP contribution is -2.29. The molecule has 6 heteroatoms. The number of pyridine rings is 1. The summed E-state index contributed by atoms with van der Waals surface area (Å²) in [6.07, 6.45) is 0. The van der Waals surface area contributed by atoms with Gasteiger partial charge in [-0.05, 0) is 19.1 Å². The lowest BCUT2D eigenvalue weighted by Gasteiger charge is -2.13. The van der Waals surface area contributed by atoms with Gasteiger partial charge in [0.05, 0.1) is 12.1 Å². The van der Waals surface area contributed by atoms with E-state index in [1.165, 1.54) is 4.90 Å². The molecule has 5 nitrogen and oxygen atoms in total. The van der Waals surface area contributed by atoms with Gasteiger partial charge in [-0.3, -0.25) is 4.79 Å². The molecule has 0 unspecified atom stereocenters. The molecule has 0 atom stereocenters. The zero-order valence-corrected chi connectivity index (χ0v) is 11.0. The number of nitrogens with zero attached hydrogens (tertiary/aromatic N) is 2. The number of nitrogens with one attached hydrogen (secondary N) is 1. The number of carbonyl (C=O) groups excluding carboxylic acids is 1. The van der Waals surface area contributed by atoms with Crippen LogP contribution in [-0.2, 0) is 4.79 Å². The Kier molecular flexibility index (Phi) is 4.39. The standard InChI is InChI=1S/C11H16N4OS/c1-7-4-5-8(10(12)17)11(14-7)13-6-9(16)15(2)3/h4-5H,6H2,1-3H3,(H2,12,17)(H,13,14). The Morgan fingerprint density at radius 3 is 2.71 bits per heavy atom. The zero-order chi connectivity index (χ0) is 13.0. The summed E-state index contributed by atoms with van der Waals surface area (Å²) in [6.45, 7) is 2.03. The van der Waals surface area contributed by atoms with Crippen LogP contribution in [0, 0.1) is 6.92 Å². The van der Waals surface area contributed by atoms with Gasteiger partial charge in [-0.2, -0.15) is 0 Å². The summed E-state index contributed by atoms with van der Waals surface area (Å²) in [5.41, 5.74) is 7.07. The summed E-state index contributed by atoms with van der Waals surface area (Å²) in [5, 5.41) is 2.95. The smallest absolute Gasteiger partial charge is 0.241 e. The van der Waals surface area contributed by atoms with Gasteiger partial charge in [0.1, 0.15) is 10.8 Å². The summed E-state index contributed by atoms with van der Waals surface area (Å²) < 4.78 is 0. The maximum absolute atomic E-state index is 11.5. The molecule has 0 aliphatic carbocycles. The fourth-order valence-corrected chi connectivity index (χ4v) is 1.37. The first-order valence-corrected chi connectivity index (χ1v) is 5.54. The van der Waals surface area contributed by atoms with Crippen molar-refractivity contribution >= 4 is 28.9 Å². The highest BCUT2D eigenvalue weighted by atomic mass is 32.1. The van der Waals surface area contributed by atoms with Crippen molar-refractivity contribution in [2.45, 2.75) is 6.92 Å². The van der Waals surface area contributed by atoms with Gasteiger partial charge < -0.3 is 16.0 Å². The fraction of sp³-hybridized carbons (Fsp3) is 0.364. The quantitative estimate of drug-likeness (QED) is 0.765. The molecule has 1 heterocycles. The highest BCUT2D eigenvalue weighted by Gasteiger charge is 2.09. The number of hydrogen-bond acceptors (Lipinski definition) is 4. The molecule has 1 amide bonds. The number of rotatable bonds is 4. The SMILES string of the molecule is Cc1ccc(C(N)=S)c(NCC(=O)N(C)C)n1. The maximum atomic E-state index is 11.5. The van der Waals surface area contributed by atoms with Crippen molar-refractivity contribution in [3.63, 3.8) is 0 Å². The van der Waals surface area contributed by atoms with Crippen molar-refractivity contribution in [3.05, 3.63) is 23.4 Å². The average molecular weight is 252 g/mol. The minimum absolute atomic E-state index is 0.0396. The predicted octanol–water partition coefficient (Wildman–Crippen LogP) is 0.524. The predicted molar refractivity (Wildman–Crippen MR) is 72.0 cm³/mol. The Labute approximate surface area is 106 Å². The number of aryl methyl sites for hydroxylation is 1. The summed E-state index contributed by atoms with van der Waals surface area (Å²) in [5.74, 6) is 0.509. The van der Waals surface area contributed by atoms with Crippen LogP contribution >= 0.6 is 12.2 Å². The molecule has 0 aliphatic rings. The molecule has 0 radical (unpaired) electrons. The second-order valence-corrected chi connectivity index (χ2v) is 4.29. The Morgan fingerprint density at radius 2 is 2.18 bits per heavy atom. The van der Waals surface area contributed by atoms with Crippen LogP contribution in [0.15, 0.2) is 12.1 Å². The first-order chi connectivity index (χ1) is 7.91. The number of anilines is 1. The Morgan fingerprint density at radius 1 is 1.53 bits per heavy atom. The van der Waals surface area contributed by atoms with Gasteiger partial charge in [0.15, 0.2) is 0 Å². The number of carbonyl (C=O) groups is 1. The number of nitrogens with two attached hydrogens (primary N) is 1. The molecule has 0 saturated carbocycles. The lowest BCUT2D eigenvalue weighted by molar-refractivity contribution is -0.126. The molecule has 1 rings (SSSR count). The van der Waals surface area contributed by atoms with Crippen LogP contribution in [0.25, 0.3) is 0 Å². The molecule has 1 aromatic heterocycles. The summed E-state index contributed by atoms with van der Waals surface area (Å²) in [4.78, 5) is 17.5. The molecule has 1 aromatic rings. The minimum atomic E-state index is -0.0396. The monoisotopic (exact) mass is 252 g/mol. The van der Waals surface area contributed by atoms with E-state index in [0.29, 0.717) is 11.4 Å². The molecule has 17 heavy (non-hydrogen) atoms. The molecule has 0 spiro atoms. The van der Waals surface area contributed by atoms with Gasteiger partial charge in [0, 0.05) is 19.8 Å². The average Bonchev–Trinajstić information content (AvgIpc) is 2.25. The summed E-state index contributed by atoms with van der Waals surface area (Å²) in [6, 6.07) is 3.63. The largest absolute Gasteiger partial charge is 0.389 e. The molecule has 0 fully saturated rings. The van der Waals surface area contributed by atoms with Crippen molar-refractivity contribution < 1.29 is 4.79 Å². The van der Waals surface area contributed by atoms with Crippen LogP contribution in [0.3, 0.4) is 0 Å². The minimum Gasteiger partial charge on any atom is -0.389 e. The van der Waals surface area contributed by atoms with E-state index in [4.69, 9.17) is 18.0 Å². The molecule has 0 aliphatic heterocycles. The third-order valence-electron chi connectivity index (χ3n) is 2.21. The molecule has 92 valence electrons. The van der Waals surface area contributed by atoms with Crippen molar-refractivity contribution in [2.24, 2.45) is 5.73 Å². The number of thiocarbonyl (C=S) groups is 1. The van der Waals surface area contributed by atoms with Gasteiger partial charge in [-0.15, -0.1) is 0 Å². The van der Waals surface area contributed by atoms with Crippen LogP contribution in [0.1, 0.15) is 11.3 Å². The van der Waals surface area contributed by atoms with E-state index in [2.05, 4.69) is 10.3 Å². The normalized spacial score (nSPS) is 9.82. The number of hydrogen-bond donors (Lipinski definition) is 2. The third kappa shape index (κ3) is 3.67. The summed E-state index contributed by atoms with van der Waals surface area (Å²) in [7, 11) is 3.39. The van der Waals surface area contributed by atoms with Crippen molar-refractivity contribution in [1.29, 1.82) is 0 Å². The van der Waals surface area contributed by atoms with Gasteiger partial charge in [0.2, 0.25) is 5.91 Å². The topological polar surface area (TPSA) is 71.2 Å². The van der Waals surface area contributed by atoms with E-state index in [1.54, 1.807) is 20.2 Å². The number of amides is 1. The second kappa shape index (κ2) is 5.58. The highest BCUT2D eigenvalue weighted by Crippen LogP contribution is 2.13. The Hall–Kier alpha value is -1.69. The lowest BCUT2D eigenvalue weighted by atomic mass is 10.2. The van der Waals surface area contributed by atoms with E-state index >= 15 is 0 Å². The Bertz CT molecular complexity index is 445. The van der Waals surface area contributed by atoms with Crippen LogP contribution in [-0.4, -0.2) is 41.4 Å². The van der Waals surface area contributed by atoms with Crippen LogP contribution in [0.2, 0.25) is 0 Å². The van der Waals surface area contributed by atoms with Gasteiger partial charge in [-0.25, -0.2) is 4.98 Å². The highest BCUT2D eigenvalue weighted by molar-refractivity contribution is 7.80. The zero-order valence-electron chi connectivity index (χ0n) is 10.2. The van der Waals surface area contributed by atoms with Gasteiger partial charge in [-0.1, -0.05) is 12.2 Å². The first kappa shape index (κ1) is 13.4.